The number of nitro groups is 1. The molecule has 0 atom stereocenters. The first-order valence-corrected chi connectivity index (χ1v) is 4.43. The minimum Gasteiger partial charge on any atom is -0.396 e. The monoisotopic (exact) mass is 253 g/mol. The molecule has 0 aliphatic carbocycles. The molecule has 17 heavy (non-hydrogen) atoms. The van der Waals surface area contributed by atoms with Gasteiger partial charge in [-0.2, -0.15) is 4.39 Å². The van der Waals surface area contributed by atoms with Gasteiger partial charge in [0.05, 0.1) is 10.5 Å². The molecule has 0 unspecified atom stereocenters. The Balaban J connectivity index is 3.41. The van der Waals surface area contributed by atoms with Crippen LogP contribution in [0.3, 0.4) is 0 Å². The normalized spacial score (nSPS) is 11.6. The third kappa shape index (κ3) is 2.52. The Labute approximate surface area is 92.6 Å². The van der Waals surface area contributed by atoms with Gasteiger partial charge in [0.2, 0.25) is 5.82 Å². The molecule has 1 aromatic carbocycles. The summed E-state index contributed by atoms with van der Waals surface area (Å²) in [6.45, 7) is -1.01. The number of aliphatic hydroxyl groups is 1. The van der Waals surface area contributed by atoms with E-state index < -0.39 is 46.8 Å². The topological polar surface area (TPSA) is 63.4 Å². The van der Waals surface area contributed by atoms with Gasteiger partial charge in [-0.1, -0.05) is 0 Å². The lowest BCUT2D eigenvalue weighted by atomic mass is 10.0. The van der Waals surface area contributed by atoms with E-state index in [1.807, 2.05) is 0 Å². The Morgan fingerprint density at radius 3 is 2.41 bits per heavy atom. The van der Waals surface area contributed by atoms with Crippen LogP contribution in [-0.2, 0) is 5.92 Å². The Hall–Kier alpha value is -1.70. The van der Waals surface area contributed by atoms with Gasteiger partial charge in [0.15, 0.2) is 0 Å². The first-order chi connectivity index (χ1) is 7.81. The molecule has 8 heteroatoms. The Morgan fingerprint density at radius 1 is 1.35 bits per heavy atom. The largest absolute Gasteiger partial charge is 0.396 e. The van der Waals surface area contributed by atoms with Crippen molar-refractivity contribution in [2.24, 2.45) is 0 Å². The van der Waals surface area contributed by atoms with Gasteiger partial charge < -0.3 is 5.11 Å². The minimum atomic E-state index is -4.01. The molecule has 0 amide bonds. The number of rotatable bonds is 4. The van der Waals surface area contributed by atoms with Crippen LogP contribution in [0.15, 0.2) is 12.1 Å². The highest BCUT2D eigenvalue weighted by Crippen LogP contribution is 2.37. The smallest absolute Gasteiger partial charge is 0.305 e. The van der Waals surface area contributed by atoms with Crippen LogP contribution in [-0.4, -0.2) is 16.6 Å². The van der Waals surface area contributed by atoms with E-state index in [-0.39, 0.29) is 0 Å². The number of alkyl halides is 2. The summed E-state index contributed by atoms with van der Waals surface area (Å²) in [4.78, 5) is 9.09. The summed E-state index contributed by atoms with van der Waals surface area (Å²) in [7, 11) is 0. The second kappa shape index (κ2) is 4.66. The fraction of sp³-hybridized carbons (Fsp3) is 0.333. The molecular formula is C9H7F4NO3. The maximum Gasteiger partial charge on any atom is 0.305 e. The summed E-state index contributed by atoms with van der Waals surface area (Å²) in [6.07, 6.45) is -1.22. The van der Waals surface area contributed by atoms with Crippen molar-refractivity contribution in [2.75, 3.05) is 6.61 Å². The molecule has 1 rings (SSSR count). The van der Waals surface area contributed by atoms with Crippen LogP contribution in [0.2, 0.25) is 0 Å². The predicted octanol–water partition coefficient (Wildman–Crippen LogP) is 2.35. The molecule has 0 heterocycles. The van der Waals surface area contributed by atoms with Crippen LogP contribution in [0.4, 0.5) is 23.2 Å². The first-order valence-electron chi connectivity index (χ1n) is 4.43. The number of aliphatic hydroxyl groups excluding tert-OH is 1. The van der Waals surface area contributed by atoms with E-state index in [2.05, 4.69) is 0 Å². The Morgan fingerprint density at radius 2 is 1.94 bits per heavy atom. The second-order valence-electron chi connectivity index (χ2n) is 3.19. The third-order valence-corrected chi connectivity index (χ3v) is 2.06. The van der Waals surface area contributed by atoms with E-state index >= 15 is 0 Å². The van der Waals surface area contributed by atoms with Gasteiger partial charge in [-0.05, 0) is 6.07 Å². The molecule has 94 valence electrons. The SMILES string of the molecule is O=[N+]([O-])c1ccc(F)c(C(F)(F)CCO)c1F. The van der Waals surface area contributed by atoms with Crippen LogP contribution >= 0.6 is 0 Å². The van der Waals surface area contributed by atoms with Gasteiger partial charge in [-0.3, -0.25) is 10.1 Å². The Kier molecular flexibility index (Phi) is 3.66. The predicted molar refractivity (Wildman–Crippen MR) is 48.6 cm³/mol. The van der Waals surface area contributed by atoms with Crippen molar-refractivity contribution in [1.29, 1.82) is 0 Å². The van der Waals surface area contributed by atoms with E-state index in [1.54, 1.807) is 0 Å². The van der Waals surface area contributed by atoms with Crippen molar-refractivity contribution >= 4 is 5.69 Å². The van der Waals surface area contributed by atoms with E-state index in [4.69, 9.17) is 5.11 Å². The summed E-state index contributed by atoms with van der Waals surface area (Å²) >= 11 is 0. The molecule has 1 N–H and O–H groups in total. The molecule has 0 bridgehead atoms. The molecule has 0 fully saturated rings. The quantitative estimate of drug-likeness (QED) is 0.509. The van der Waals surface area contributed by atoms with E-state index in [0.29, 0.717) is 12.1 Å². The fourth-order valence-corrected chi connectivity index (χ4v) is 1.28. The summed E-state index contributed by atoms with van der Waals surface area (Å²) in [6, 6.07) is 0.852. The van der Waals surface area contributed by atoms with Crippen LogP contribution < -0.4 is 0 Å². The summed E-state index contributed by atoms with van der Waals surface area (Å²) < 4.78 is 53.0. The number of nitrogens with zero attached hydrogens (tertiary/aromatic N) is 1. The summed E-state index contributed by atoms with van der Waals surface area (Å²) in [5, 5.41) is 18.7. The minimum absolute atomic E-state index is 0.391. The van der Waals surface area contributed by atoms with Gasteiger partial charge in [-0.25, -0.2) is 13.2 Å². The van der Waals surface area contributed by atoms with Crippen LogP contribution in [0.25, 0.3) is 0 Å². The molecule has 0 aliphatic heterocycles. The van der Waals surface area contributed by atoms with Crippen LogP contribution in [0, 0.1) is 21.7 Å². The van der Waals surface area contributed by atoms with Gasteiger partial charge in [0.1, 0.15) is 5.82 Å². The number of nitro benzene ring substituents is 1. The molecule has 0 radical (unpaired) electrons. The summed E-state index contributed by atoms with van der Waals surface area (Å²) in [5.74, 6) is -7.52. The number of halogens is 4. The molecular weight excluding hydrogens is 246 g/mol. The van der Waals surface area contributed by atoms with Crippen LogP contribution in [0.5, 0.6) is 0 Å². The first kappa shape index (κ1) is 13.4. The molecule has 0 aliphatic rings. The van der Waals surface area contributed by atoms with Crippen molar-refractivity contribution in [1.82, 2.24) is 0 Å². The van der Waals surface area contributed by atoms with E-state index in [1.165, 1.54) is 0 Å². The average molecular weight is 253 g/mol. The van der Waals surface area contributed by atoms with Crippen LogP contribution in [0.1, 0.15) is 12.0 Å². The highest BCUT2D eigenvalue weighted by atomic mass is 19.3. The lowest BCUT2D eigenvalue weighted by molar-refractivity contribution is -0.387. The zero-order valence-corrected chi connectivity index (χ0v) is 8.29. The fourth-order valence-electron chi connectivity index (χ4n) is 1.28. The van der Waals surface area contributed by atoms with Gasteiger partial charge in [0.25, 0.3) is 5.92 Å². The third-order valence-electron chi connectivity index (χ3n) is 2.06. The van der Waals surface area contributed by atoms with Gasteiger partial charge in [0, 0.05) is 19.1 Å². The molecule has 0 saturated carbocycles. The van der Waals surface area contributed by atoms with E-state index in [0.717, 1.165) is 0 Å². The van der Waals surface area contributed by atoms with Crippen molar-refractivity contribution in [2.45, 2.75) is 12.3 Å². The standard InChI is InChI=1S/C9H7F4NO3/c10-5-1-2-6(14(16)17)8(11)7(5)9(12,13)3-4-15/h1-2,15H,3-4H2. The molecule has 0 spiro atoms. The number of benzene rings is 1. The molecule has 0 aromatic heterocycles. The molecule has 0 saturated heterocycles. The lowest BCUT2D eigenvalue weighted by Gasteiger charge is -2.16. The lowest BCUT2D eigenvalue weighted by Crippen LogP contribution is -2.20. The average Bonchev–Trinajstić information content (AvgIpc) is 2.15. The highest BCUT2D eigenvalue weighted by Gasteiger charge is 2.40. The van der Waals surface area contributed by atoms with Gasteiger partial charge >= 0.3 is 5.69 Å². The number of hydrogen-bond acceptors (Lipinski definition) is 3. The zero-order valence-electron chi connectivity index (χ0n) is 8.29. The number of hydrogen-bond donors (Lipinski definition) is 1. The maximum absolute atomic E-state index is 13.4. The highest BCUT2D eigenvalue weighted by molar-refractivity contribution is 5.39. The zero-order chi connectivity index (χ0) is 13.2. The van der Waals surface area contributed by atoms with E-state index in [9.17, 15) is 27.7 Å². The summed E-state index contributed by atoms with van der Waals surface area (Å²) in [5.41, 5.74) is -2.93. The van der Waals surface area contributed by atoms with Crippen molar-refractivity contribution in [3.8, 4) is 0 Å². The van der Waals surface area contributed by atoms with Crippen molar-refractivity contribution in [3.63, 3.8) is 0 Å². The Bertz CT molecular complexity index is 450. The second-order valence-corrected chi connectivity index (χ2v) is 3.19. The maximum atomic E-state index is 13.4. The molecule has 1 aromatic rings. The van der Waals surface area contributed by atoms with Crippen molar-refractivity contribution in [3.05, 3.63) is 39.4 Å². The van der Waals surface area contributed by atoms with Crippen molar-refractivity contribution < 1.29 is 27.6 Å². The van der Waals surface area contributed by atoms with Gasteiger partial charge in [-0.15, -0.1) is 0 Å². The molecule has 4 nitrogen and oxygen atoms in total.